The number of halogens is 1. The van der Waals surface area contributed by atoms with Gasteiger partial charge in [-0.3, -0.25) is 0 Å². The first-order valence-corrected chi connectivity index (χ1v) is 8.39. The molecule has 0 saturated carbocycles. The molecule has 1 N–H and O–H groups in total. The number of nitrogens with zero attached hydrogens (tertiary/aromatic N) is 1. The van der Waals surface area contributed by atoms with Gasteiger partial charge in [0, 0.05) is 12.8 Å². The fourth-order valence-electron chi connectivity index (χ4n) is 1.76. The van der Waals surface area contributed by atoms with Crippen molar-refractivity contribution in [2.45, 2.75) is 11.4 Å². The van der Waals surface area contributed by atoms with Gasteiger partial charge in [0.05, 0.1) is 27.2 Å². The first kappa shape index (κ1) is 15.4. The Morgan fingerprint density at radius 2 is 1.86 bits per heavy atom. The molecule has 0 aliphatic carbocycles. The summed E-state index contributed by atoms with van der Waals surface area (Å²) in [6.45, 7) is 0.485. The first-order valence-electron chi connectivity index (χ1n) is 6.12. The average molecular weight is 321 g/mol. The summed E-state index contributed by atoms with van der Waals surface area (Å²) in [5.41, 5.74) is 2.12. The van der Waals surface area contributed by atoms with Crippen LogP contribution in [0.25, 0.3) is 0 Å². The molecule has 0 saturated heterocycles. The maximum atomic E-state index is 11.5. The second-order valence-electron chi connectivity index (χ2n) is 4.58. The fourth-order valence-corrected chi connectivity index (χ4v) is 2.60. The van der Waals surface area contributed by atoms with Crippen molar-refractivity contribution in [2.24, 2.45) is 0 Å². The Labute approximate surface area is 128 Å². The molecule has 0 radical (unpaired) electrons. The minimum atomic E-state index is -3.27. The van der Waals surface area contributed by atoms with Crippen LogP contribution in [0.5, 0.6) is 0 Å². The topological polar surface area (TPSA) is 70.0 Å². The Bertz CT molecular complexity index is 793. The van der Waals surface area contributed by atoms with Crippen molar-refractivity contribution in [1.82, 2.24) is 0 Å². The number of anilines is 1. The number of benzene rings is 2. The molecule has 2 aromatic carbocycles. The van der Waals surface area contributed by atoms with Crippen LogP contribution in [0.2, 0.25) is 5.02 Å². The Morgan fingerprint density at radius 1 is 1.19 bits per heavy atom. The number of hydrogen-bond acceptors (Lipinski definition) is 4. The normalized spacial score (nSPS) is 10.9. The lowest BCUT2D eigenvalue weighted by molar-refractivity contribution is 0.602. The first-order chi connectivity index (χ1) is 9.90. The summed E-state index contributed by atoms with van der Waals surface area (Å²) in [5, 5.41) is 12.3. The van der Waals surface area contributed by atoms with E-state index in [-0.39, 0.29) is 4.90 Å². The van der Waals surface area contributed by atoms with E-state index in [1.807, 2.05) is 12.1 Å². The highest BCUT2D eigenvalue weighted by atomic mass is 35.5. The standard InChI is InChI=1S/C15H13ClN2O2S/c1-21(19,20)13-6-7-14(16)15(8-13)18-10-12-4-2-11(9-17)3-5-12/h2-8,18H,10H2,1H3. The quantitative estimate of drug-likeness (QED) is 0.939. The van der Waals surface area contributed by atoms with E-state index >= 15 is 0 Å². The molecule has 6 heteroatoms. The van der Waals surface area contributed by atoms with Crippen molar-refractivity contribution in [1.29, 1.82) is 5.26 Å². The Kier molecular flexibility index (Phi) is 4.51. The molecule has 0 aliphatic heterocycles. The summed E-state index contributed by atoms with van der Waals surface area (Å²) < 4.78 is 23.1. The van der Waals surface area contributed by atoms with Crippen LogP contribution in [0.4, 0.5) is 5.69 Å². The van der Waals surface area contributed by atoms with Crippen molar-refractivity contribution in [3.05, 3.63) is 58.6 Å². The summed E-state index contributed by atoms with van der Waals surface area (Å²) in [7, 11) is -3.27. The minimum absolute atomic E-state index is 0.217. The molecule has 0 aromatic heterocycles. The van der Waals surface area contributed by atoms with E-state index in [0.717, 1.165) is 11.8 Å². The van der Waals surface area contributed by atoms with Crippen molar-refractivity contribution >= 4 is 27.1 Å². The van der Waals surface area contributed by atoms with Gasteiger partial charge in [-0.25, -0.2) is 8.42 Å². The molecule has 0 spiro atoms. The molecule has 2 rings (SSSR count). The van der Waals surface area contributed by atoms with Crippen LogP contribution in [0.3, 0.4) is 0 Å². The van der Waals surface area contributed by atoms with Gasteiger partial charge in [0.2, 0.25) is 0 Å². The van der Waals surface area contributed by atoms with E-state index < -0.39 is 9.84 Å². The maximum absolute atomic E-state index is 11.5. The van der Waals surface area contributed by atoms with E-state index in [2.05, 4.69) is 11.4 Å². The second kappa shape index (κ2) is 6.17. The lowest BCUT2D eigenvalue weighted by atomic mass is 10.1. The zero-order valence-corrected chi connectivity index (χ0v) is 12.9. The molecule has 0 aliphatic rings. The molecule has 4 nitrogen and oxygen atoms in total. The molecule has 0 bridgehead atoms. The number of nitrogens with one attached hydrogen (secondary N) is 1. The average Bonchev–Trinajstić information content (AvgIpc) is 2.45. The second-order valence-corrected chi connectivity index (χ2v) is 7.00. The van der Waals surface area contributed by atoms with Crippen LogP contribution in [-0.4, -0.2) is 14.7 Å². The van der Waals surface area contributed by atoms with Crippen molar-refractivity contribution in [3.63, 3.8) is 0 Å². The molecule has 2 aromatic rings. The van der Waals surface area contributed by atoms with Crippen molar-refractivity contribution in [3.8, 4) is 6.07 Å². The molecular weight excluding hydrogens is 308 g/mol. The number of hydrogen-bond donors (Lipinski definition) is 1. The summed E-state index contributed by atoms with van der Waals surface area (Å²) >= 11 is 6.06. The van der Waals surface area contributed by atoms with E-state index in [1.165, 1.54) is 12.1 Å². The SMILES string of the molecule is CS(=O)(=O)c1ccc(Cl)c(NCc2ccc(C#N)cc2)c1. The molecule has 0 amide bonds. The third kappa shape index (κ3) is 3.97. The van der Waals surface area contributed by atoms with E-state index in [0.29, 0.717) is 22.8 Å². The molecule has 0 atom stereocenters. The molecule has 0 fully saturated rings. The molecule has 21 heavy (non-hydrogen) atoms. The van der Waals surface area contributed by atoms with Gasteiger partial charge in [0.1, 0.15) is 0 Å². The number of nitriles is 1. The van der Waals surface area contributed by atoms with Gasteiger partial charge >= 0.3 is 0 Å². The zero-order valence-electron chi connectivity index (χ0n) is 11.3. The monoisotopic (exact) mass is 320 g/mol. The van der Waals surface area contributed by atoms with E-state index in [1.54, 1.807) is 18.2 Å². The van der Waals surface area contributed by atoms with Gasteiger partial charge in [-0.2, -0.15) is 5.26 Å². The minimum Gasteiger partial charge on any atom is -0.380 e. The molecule has 0 unspecified atom stereocenters. The summed E-state index contributed by atoms with van der Waals surface area (Å²) in [5.74, 6) is 0. The van der Waals surface area contributed by atoms with E-state index in [9.17, 15) is 8.42 Å². The molecule has 0 heterocycles. The highest BCUT2D eigenvalue weighted by Crippen LogP contribution is 2.25. The predicted molar refractivity (Wildman–Crippen MR) is 83.0 cm³/mol. The lowest BCUT2D eigenvalue weighted by Crippen LogP contribution is -2.03. The third-order valence-electron chi connectivity index (χ3n) is 2.93. The van der Waals surface area contributed by atoms with Gasteiger partial charge in [0.25, 0.3) is 0 Å². The van der Waals surface area contributed by atoms with Crippen LogP contribution < -0.4 is 5.32 Å². The van der Waals surface area contributed by atoms with Crippen LogP contribution in [0, 0.1) is 11.3 Å². The third-order valence-corrected chi connectivity index (χ3v) is 4.37. The summed E-state index contributed by atoms with van der Waals surface area (Å²) in [6, 6.07) is 13.7. The fraction of sp³-hybridized carbons (Fsp3) is 0.133. The number of rotatable bonds is 4. The Morgan fingerprint density at radius 3 is 2.43 bits per heavy atom. The number of sulfone groups is 1. The van der Waals surface area contributed by atoms with Crippen LogP contribution >= 0.6 is 11.6 Å². The lowest BCUT2D eigenvalue weighted by Gasteiger charge is -2.10. The highest BCUT2D eigenvalue weighted by molar-refractivity contribution is 7.90. The molecule has 108 valence electrons. The van der Waals surface area contributed by atoms with Gasteiger partial charge < -0.3 is 5.32 Å². The zero-order chi connectivity index (χ0) is 15.5. The summed E-state index contributed by atoms with van der Waals surface area (Å²) in [4.78, 5) is 0.217. The van der Waals surface area contributed by atoms with Crippen molar-refractivity contribution in [2.75, 3.05) is 11.6 Å². The Hall–Kier alpha value is -2.03. The van der Waals surface area contributed by atoms with E-state index in [4.69, 9.17) is 16.9 Å². The summed E-state index contributed by atoms with van der Waals surface area (Å²) in [6.07, 6.45) is 1.15. The maximum Gasteiger partial charge on any atom is 0.175 e. The van der Waals surface area contributed by atoms with Crippen LogP contribution in [0.1, 0.15) is 11.1 Å². The largest absolute Gasteiger partial charge is 0.380 e. The van der Waals surface area contributed by atoms with Crippen LogP contribution in [0.15, 0.2) is 47.4 Å². The van der Waals surface area contributed by atoms with Crippen LogP contribution in [-0.2, 0) is 16.4 Å². The van der Waals surface area contributed by atoms with Gasteiger partial charge in [-0.1, -0.05) is 23.7 Å². The molecular formula is C15H13ClN2O2S. The highest BCUT2D eigenvalue weighted by Gasteiger charge is 2.10. The predicted octanol–water partition coefficient (Wildman–Crippen LogP) is 3.23. The van der Waals surface area contributed by atoms with Crippen molar-refractivity contribution < 1.29 is 8.42 Å². The van der Waals surface area contributed by atoms with Gasteiger partial charge in [0.15, 0.2) is 9.84 Å². The van der Waals surface area contributed by atoms with Gasteiger partial charge in [-0.05, 0) is 35.9 Å². The Balaban J connectivity index is 2.17. The van der Waals surface area contributed by atoms with Gasteiger partial charge in [-0.15, -0.1) is 0 Å². The smallest absolute Gasteiger partial charge is 0.175 e.